The van der Waals surface area contributed by atoms with Crippen molar-refractivity contribution in [2.24, 2.45) is 5.92 Å². The summed E-state index contributed by atoms with van der Waals surface area (Å²) in [4.78, 5) is 14.1. The van der Waals surface area contributed by atoms with Gasteiger partial charge in [0.1, 0.15) is 0 Å². The second-order valence-electron chi connectivity index (χ2n) is 8.08. The molecule has 0 aliphatic carbocycles. The molecule has 1 fully saturated rings. The van der Waals surface area contributed by atoms with Crippen LogP contribution in [-0.2, 0) is 9.53 Å². The molecule has 1 aliphatic rings. The molecule has 0 aromatic rings. The molecule has 1 rings (SSSR count). The van der Waals surface area contributed by atoms with Crippen molar-refractivity contribution in [2.45, 2.75) is 90.4 Å². The zero-order valence-electron chi connectivity index (χ0n) is 18.0. The second-order valence-corrected chi connectivity index (χ2v) is 8.08. The van der Waals surface area contributed by atoms with Gasteiger partial charge in [0.15, 0.2) is 0 Å². The maximum absolute atomic E-state index is 11.8. The van der Waals surface area contributed by atoms with Crippen LogP contribution in [0.15, 0.2) is 24.3 Å². The highest BCUT2D eigenvalue weighted by Crippen LogP contribution is 2.15. The molecule has 3 nitrogen and oxygen atoms in total. The fourth-order valence-electron chi connectivity index (χ4n) is 3.53. The Bertz CT molecular complexity index is 417. The summed E-state index contributed by atoms with van der Waals surface area (Å²) in [5, 5.41) is 0. The van der Waals surface area contributed by atoms with Gasteiger partial charge < -0.3 is 9.64 Å². The first-order valence-corrected chi connectivity index (χ1v) is 11.4. The molecule has 1 unspecified atom stereocenters. The molecule has 1 heterocycles. The molecule has 156 valence electrons. The molecule has 0 spiro atoms. The first-order chi connectivity index (χ1) is 13.2. The Labute approximate surface area is 168 Å². The first kappa shape index (κ1) is 23.9. The Morgan fingerprint density at radius 3 is 2.30 bits per heavy atom. The highest BCUT2D eigenvalue weighted by atomic mass is 16.5. The molecule has 0 amide bonds. The lowest BCUT2D eigenvalue weighted by Gasteiger charge is -2.11. The van der Waals surface area contributed by atoms with Crippen LogP contribution in [0.5, 0.6) is 0 Å². The third kappa shape index (κ3) is 14.6. The predicted octanol–water partition coefficient (Wildman–Crippen LogP) is 6.29. The standard InChI is InChI=1S/C24H43NO2/c1-3-4-5-6-7-8-9-10-11-12-13-14-15-16-17-18-24(26)27-22-23-19-20-25(2)21-23/h7-8,10-11,23H,3-6,9,12-22H2,1-2H3/b8-7-,11-10-. The summed E-state index contributed by atoms with van der Waals surface area (Å²) in [7, 11) is 2.13. The third-order valence-electron chi connectivity index (χ3n) is 5.30. The fourth-order valence-corrected chi connectivity index (χ4v) is 3.53. The van der Waals surface area contributed by atoms with Crippen LogP contribution in [0.25, 0.3) is 0 Å². The van der Waals surface area contributed by atoms with Gasteiger partial charge in [-0.1, -0.05) is 63.3 Å². The molecule has 0 aromatic heterocycles. The van der Waals surface area contributed by atoms with Crippen LogP contribution >= 0.6 is 0 Å². The maximum Gasteiger partial charge on any atom is 0.305 e. The van der Waals surface area contributed by atoms with Gasteiger partial charge in [-0.3, -0.25) is 4.79 Å². The molecule has 27 heavy (non-hydrogen) atoms. The Balaban J connectivity index is 1.81. The fraction of sp³-hybridized carbons (Fsp3) is 0.792. The van der Waals surface area contributed by atoms with E-state index in [9.17, 15) is 4.79 Å². The first-order valence-electron chi connectivity index (χ1n) is 11.4. The summed E-state index contributed by atoms with van der Waals surface area (Å²) >= 11 is 0. The van der Waals surface area contributed by atoms with Crippen molar-refractivity contribution < 1.29 is 9.53 Å². The summed E-state index contributed by atoms with van der Waals surface area (Å²) in [5.41, 5.74) is 0. The Morgan fingerprint density at radius 2 is 1.63 bits per heavy atom. The molecule has 0 radical (unpaired) electrons. The molecule has 0 saturated carbocycles. The quantitative estimate of drug-likeness (QED) is 0.180. The number of allylic oxidation sites excluding steroid dienone is 4. The van der Waals surface area contributed by atoms with Gasteiger partial charge in [-0.15, -0.1) is 0 Å². The minimum atomic E-state index is -0.00441. The van der Waals surface area contributed by atoms with Crippen molar-refractivity contribution in [2.75, 3.05) is 26.7 Å². The Morgan fingerprint density at radius 1 is 0.963 bits per heavy atom. The van der Waals surface area contributed by atoms with Crippen LogP contribution < -0.4 is 0 Å². The zero-order valence-corrected chi connectivity index (χ0v) is 18.0. The number of hydrogen-bond acceptors (Lipinski definition) is 3. The SMILES string of the molecule is CCCCC/C=C\C/C=C\CCCCCCCC(=O)OCC1CCN(C)C1. The summed E-state index contributed by atoms with van der Waals surface area (Å²) in [6, 6.07) is 0. The van der Waals surface area contributed by atoms with E-state index < -0.39 is 0 Å². The Kier molecular flexibility index (Phi) is 15.1. The molecule has 0 bridgehead atoms. The van der Waals surface area contributed by atoms with E-state index >= 15 is 0 Å². The zero-order chi connectivity index (χ0) is 19.6. The van der Waals surface area contributed by atoms with E-state index in [1.54, 1.807) is 0 Å². The summed E-state index contributed by atoms with van der Waals surface area (Å²) in [6.45, 7) is 5.06. The van der Waals surface area contributed by atoms with Gasteiger partial charge in [0.25, 0.3) is 0 Å². The smallest absolute Gasteiger partial charge is 0.305 e. The number of carbonyl (C=O) groups excluding carboxylic acids is 1. The van der Waals surface area contributed by atoms with Gasteiger partial charge >= 0.3 is 5.97 Å². The monoisotopic (exact) mass is 377 g/mol. The van der Waals surface area contributed by atoms with E-state index in [1.807, 2.05) is 0 Å². The van der Waals surface area contributed by atoms with E-state index in [0.717, 1.165) is 38.8 Å². The van der Waals surface area contributed by atoms with Gasteiger partial charge in [0.2, 0.25) is 0 Å². The lowest BCUT2D eigenvalue weighted by Crippen LogP contribution is -2.18. The van der Waals surface area contributed by atoms with Crippen LogP contribution in [0.4, 0.5) is 0 Å². The maximum atomic E-state index is 11.8. The second kappa shape index (κ2) is 17.0. The summed E-state index contributed by atoms with van der Waals surface area (Å²) in [6.07, 6.45) is 24.3. The van der Waals surface area contributed by atoms with Crippen LogP contribution in [0, 0.1) is 5.92 Å². The number of nitrogens with zero attached hydrogens (tertiary/aromatic N) is 1. The van der Waals surface area contributed by atoms with E-state index in [4.69, 9.17) is 4.74 Å². The molecule has 0 N–H and O–H groups in total. The van der Waals surface area contributed by atoms with E-state index in [0.29, 0.717) is 18.9 Å². The normalized spacial score (nSPS) is 18.1. The van der Waals surface area contributed by atoms with Crippen molar-refractivity contribution >= 4 is 5.97 Å². The van der Waals surface area contributed by atoms with Gasteiger partial charge in [-0.05, 0) is 58.5 Å². The molecule has 3 heteroatoms. The lowest BCUT2D eigenvalue weighted by molar-refractivity contribution is -0.145. The largest absolute Gasteiger partial charge is 0.465 e. The molecular formula is C24H43NO2. The van der Waals surface area contributed by atoms with Crippen LogP contribution in [-0.4, -0.2) is 37.6 Å². The topological polar surface area (TPSA) is 29.5 Å². The van der Waals surface area contributed by atoms with Gasteiger partial charge in [-0.25, -0.2) is 0 Å². The predicted molar refractivity (Wildman–Crippen MR) is 116 cm³/mol. The van der Waals surface area contributed by atoms with Crippen LogP contribution in [0.2, 0.25) is 0 Å². The number of ether oxygens (including phenoxy) is 1. The molecule has 1 aliphatic heterocycles. The molecule has 1 atom stereocenters. The minimum Gasteiger partial charge on any atom is -0.465 e. The van der Waals surface area contributed by atoms with E-state index in [1.165, 1.54) is 51.4 Å². The van der Waals surface area contributed by atoms with E-state index in [2.05, 4.69) is 43.2 Å². The highest BCUT2D eigenvalue weighted by molar-refractivity contribution is 5.69. The van der Waals surface area contributed by atoms with Crippen molar-refractivity contribution in [3.05, 3.63) is 24.3 Å². The van der Waals surface area contributed by atoms with Crippen LogP contribution in [0.1, 0.15) is 90.4 Å². The van der Waals surface area contributed by atoms with E-state index in [-0.39, 0.29) is 5.97 Å². The van der Waals surface area contributed by atoms with Crippen molar-refractivity contribution in [1.82, 2.24) is 4.90 Å². The molecule has 1 saturated heterocycles. The van der Waals surface area contributed by atoms with Crippen molar-refractivity contribution in [3.8, 4) is 0 Å². The lowest BCUT2D eigenvalue weighted by atomic mass is 10.1. The van der Waals surface area contributed by atoms with Crippen molar-refractivity contribution in [1.29, 1.82) is 0 Å². The third-order valence-corrected chi connectivity index (χ3v) is 5.30. The van der Waals surface area contributed by atoms with Crippen LogP contribution in [0.3, 0.4) is 0 Å². The number of rotatable bonds is 16. The minimum absolute atomic E-state index is 0.00441. The average Bonchev–Trinajstić information content (AvgIpc) is 3.08. The van der Waals surface area contributed by atoms with Crippen molar-refractivity contribution in [3.63, 3.8) is 0 Å². The van der Waals surface area contributed by atoms with Gasteiger partial charge in [-0.2, -0.15) is 0 Å². The number of unbranched alkanes of at least 4 members (excludes halogenated alkanes) is 8. The van der Waals surface area contributed by atoms with Gasteiger partial charge in [0.05, 0.1) is 6.61 Å². The highest BCUT2D eigenvalue weighted by Gasteiger charge is 2.20. The number of likely N-dealkylation sites (tertiary alicyclic amines) is 1. The number of hydrogen-bond donors (Lipinski definition) is 0. The van der Waals surface area contributed by atoms with Gasteiger partial charge in [0, 0.05) is 18.9 Å². The molecular weight excluding hydrogens is 334 g/mol. The molecule has 0 aromatic carbocycles. The Hall–Kier alpha value is -1.09. The average molecular weight is 378 g/mol. The summed E-state index contributed by atoms with van der Waals surface area (Å²) in [5.74, 6) is 0.541. The number of esters is 1. The number of carbonyl (C=O) groups is 1. The summed E-state index contributed by atoms with van der Waals surface area (Å²) < 4.78 is 5.41.